The van der Waals surface area contributed by atoms with E-state index in [9.17, 15) is 9.59 Å². The van der Waals surface area contributed by atoms with E-state index in [4.69, 9.17) is 18.6 Å². The number of nitrogens with zero attached hydrogens (tertiary/aromatic N) is 1. The average molecular weight is 408 g/mol. The molecule has 154 valence electrons. The molecule has 0 aliphatic rings. The van der Waals surface area contributed by atoms with E-state index in [1.807, 2.05) is 6.07 Å². The topological polar surface area (TPSA) is 99.4 Å². The van der Waals surface area contributed by atoms with Crippen molar-refractivity contribution in [1.29, 1.82) is 0 Å². The van der Waals surface area contributed by atoms with Crippen LogP contribution in [0.3, 0.4) is 0 Å². The number of nitrogens with one attached hydrogen (secondary N) is 1. The number of carbonyl (C=O) groups excluding carboxylic acids is 2. The Balaban J connectivity index is 1.69. The second kappa shape index (κ2) is 9.42. The summed E-state index contributed by atoms with van der Waals surface area (Å²) in [7, 11) is 4.33. The zero-order valence-electron chi connectivity index (χ0n) is 16.7. The van der Waals surface area contributed by atoms with E-state index in [0.717, 1.165) is 0 Å². The number of hydrogen-bond donors (Lipinski definition) is 1. The third kappa shape index (κ3) is 4.85. The largest absolute Gasteiger partial charge is 0.497 e. The second-order valence-electron chi connectivity index (χ2n) is 6.07. The van der Waals surface area contributed by atoms with Crippen LogP contribution >= 0.6 is 0 Å². The van der Waals surface area contributed by atoms with Gasteiger partial charge in [-0.1, -0.05) is 12.1 Å². The minimum absolute atomic E-state index is 0.336. The third-order valence-electron chi connectivity index (χ3n) is 4.17. The van der Waals surface area contributed by atoms with E-state index < -0.39 is 11.9 Å². The van der Waals surface area contributed by atoms with E-state index >= 15 is 0 Å². The lowest BCUT2D eigenvalue weighted by molar-refractivity contribution is 0.0600. The molecule has 1 heterocycles. The molecule has 0 aliphatic carbocycles. The van der Waals surface area contributed by atoms with Gasteiger partial charge in [0.2, 0.25) is 0 Å². The molecule has 0 fully saturated rings. The number of rotatable bonds is 7. The Hall–Kier alpha value is -4.07. The molecule has 1 amide bonds. The monoisotopic (exact) mass is 408 g/mol. The summed E-state index contributed by atoms with van der Waals surface area (Å²) in [6.45, 7) is 0. The van der Waals surface area contributed by atoms with Crippen molar-refractivity contribution >= 4 is 18.1 Å². The molecule has 0 spiro atoms. The average Bonchev–Trinajstić information content (AvgIpc) is 3.27. The summed E-state index contributed by atoms with van der Waals surface area (Å²) >= 11 is 0. The number of amides is 1. The molecule has 1 N–H and O–H groups in total. The van der Waals surface area contributed by atoms with Gasteiger partial charge in [0.15, 0.2) is 0 Å². The molecular weight excluding hydrogens is 388 g/mol. The molecule has 0 aliphatic heterocycles. The molecule has 0 unspecified atom stereocenters. The van der Waals surface area contributed by atoms with Gasteiger partial charge in [-0.2, -0.15) is 5.10 Å². The van der Waals surface area contributed by atoms with Crippen LogP contribution in [0.4, 0.5) is 0 Å². The molecule has 0 saturated heterocycles. The van der Waals surface area contributed by atoms with Crippen molar-refractivity contribution in [2.24, 2.45) is 5.10 Å². The lowest BCUT2D eigenvalue weighted by atomic mass is 10.1. The molecule has 8 nitrogen and oxygen atoms in total. The minimum Gasteiger partial charge on any atom is -0.497 e. The molecule has 3 rings (SSSR count). The fourth-order valence-electron chi connectivity index (χ4n) is 2.65. The van der Waals surface area contributed by atoms with Crippen molar-refractivity contribution < 1.29 is 28.2 Å². The molecule has 8 heteroatoms. The summed E-state index contributed by atoms with van der Waals surface area (Å²) in [6.07, 6.45) is 1.38. The Labute approximate surface area is 173 Å². The zero-order valence-corrected chi connectivity index (χ0v) is 16.7. The van der Waals surface area contributed by atoms with Gasteiger partial charge in [-0.15, -0.1) is 0 Å². The van der Waals surface area contributed by atoms with E-state index in [0.29, 0.717) is 39.7 Å². The highest BCUT2D eigenvalue weighted by Gasteiger charge is 2.11. The Kier molecular flexibility index (Phi) is 6.49. The van der Waals surface area contributed by atoms with Gasteiger partial charge in [0, 0.05) is 17.2 Å². The van der Waals surface area contributed by atoms with Crippen LogP contribution in [-0.4, -0.2) is 39.4 Å². The highest BCUT2D eigenvalue weighted by atomic mass is 16.5. The smallest absolute Gasteiger partial charge is 0.337 e. The lowest BCUT2D eigenvalue weighted by Gasteiger charge is -2.07. The molecular formula is C22H20N2O6. The van der Waals surface area contributed by atoms with Gasteiger partial charge in [0.05, 0.1) is 33.1 Å². The van der Waals surface area contributed by atoms with Crippen LogP contribution in [0, 0.1) is 0 Å². The van der Waals surface area contributed by atoms with Gasteiger partial charge in [-0.3, -0.25) is 4.79 Å². The summed E-state index contributed by atoms with van der Waals surface area (Å²) in [5.41, 5.74) is 3.90. The number of hydrogen-bond acceptors (Lipinski definition) is 7. The van der Waals surface area contributed by atoms with Crippen LogP contribution in [0.5, 0.6) is 11.5 Å². The van der Waals surface area contributed by atoms with Gasteiger partial charge >= 0.3 is 5.97 Å². The summed E-state index contributed by atoms with van der Waals surface area (Å²) in [4.78, 5) is 24.0. The van der Waals surface area contributed by atoms with E-state index in [-0.39, 0.29) is 0 Å². The van der Waals surface area contributed by atoms with Gasteiger partial charge in [0.25, 0.3) is 5.91 Å². The van der Waals surface area contributed by atoms with Crippen LogP contribution in [0.1, 0.15) is 26.5 Å². The van der Waals surface area contributed by atoms with Crippen LogP contribution in [0.25, 0.3) is 11.3 Å². The second-order valence-corrected chi connectivity index (χ2v) is 6.07. The normalized spacial score (nSPS) is 10.6. The number of methoxy groups -OCH3 is 3. The van der Waals surface area contributed by atoms with Crippen molar-refractivity contribution in [2.45, 2.75) is 0 Å². The maximum atomic E-state index is 12.3. The van der Waals surface area contributed by atoms with Crippen molar-refractivity contribution in [2.75, 3.05) is 21.3 Å². The van der Waals surface area contributed by atoms with E-state index in [1.54, 1.807) is 48.5 Å². The summed E-state index contributed by atoms with van der Waals surface area (Å²) < 4.78 is 20.7. The highest BCUT2D eigenvalue weighted by molar-refractivity contribution is 5.95. The Morgan fingerprint density at radius 1 is 0.933 bits per heavy atom. The first kappa shape index (κ1) is 20.7. The maximum Gasteiger partial charge on any atom is 0.337 e. The van der Waals surface area contributed by atoms with Crippen molar-refractivity contribution in [3.8, 4) is 22.8 Å². The first-order valence-corrected chi connectivity index (χ1v) is 8.89. The predicted molar refractivity (Wildman–Crippen MR) is 110 cm³/mol. The van der Waals surface area contributed by atoms with Gasteiger partial charge in [-0.25, -0.2) is 10.2 Å². The fourth-order valence-corrected chi connectivity index (χ4v) is 2.65. The quantitative estimate of drug-likeness (QED) is 0.365. The SMILES string of the molecule is COC(=O)c1cccc(-c2ccc(/C=N\NC(=O)c3cc(OC)cc(OC)c3)o2)c1. The fraction of sp³-hybridized carbons (Fsp3) is 0.136. The third-order valence-corrected chi connectivity index (χ3v) is 4.17. The van der Waals surface area contributed by atoms with Crippen molar-refractivity contribution in [3.05, 3.63) is 71.5 Å². The predicted octanol–water partition coefficient (Wildman–Crippen LogP) is 3.51. The summed E-state index contributed by atoms with van der Waals surface area (Å²) in [6, 6.07) is 15.1. The van der Waals surface area contributed by atoms with E-state index in [2.05, 4.69) is 10.5 Å². The van der Waals surface area contributed by atoms with E-state index in [1.165, 1.54) is 27.5 Å². The van der Waals surface area contributed by atoms with Crippen LogP contribution in [0.15, 0.2) is 64.1 Å². The number of benzene rings is 2. The first-order chi connectivity index (χ1) is 14.5. The van der Waals surface area contributed by atoms with Crippen LogP contribution in [-0.2, 0) is 4.74 Å². The molecule has 0 bridgehead atoms. The standard InChI is InChI=1S/C22H20N2O6/c1-27-18-10-16(11-19(12-18)28-2)21(25)24-23-13-17-7-8-20(30-17)14-5-4-6-15(9-14)22(26)29-3/h4-13H,1-3H3,(H,24,25)/b23-13-. The number of carbonyl (C=O) groups is 2. The zero-order chi connectivity index (χ0) is 21.5. The Morgan fingerprint density at radius 3 is 2.33 bits per heavy atom. The van der Waals surface area contributed by atoms with Crippen molar-refractivity contribution in [3.63, 3.8) is 0 Å². The van der Waals surface area contributed by atoms with Gasteiger partial charge < -0.3 is 18.6 Å². The Bertz CT molecular complexity index is 1060. The number of furan rings is 1. The molecule has 30 heavy (non-hydrogen) atoms. The molecule has 0 saturated carbocycles. The Morgan fingerprint density at radius 2 is 1.67 bits per heavy atom. The summed E-state index contributed by atoms with van der Waals surface area (Å²) in [5.74, 6) is 1.10. The first-order valence-electron chi connectivity index (χ1n) is 8.89. The minimum atomic E-state index is -0.430. The van der Waals surface area contributed by atoms with Gasteiger partial charge in [-0.05, 0) is 36.4 Å². The maximum absolute atomic E-state index is 12.3. The lowest BCUT2D eigenvalue weighted by Crippen LogP contribution is -2.17. The summed E-state index contributed by atoms with van der Waals surface area (Å²) in [5, 5.41) is 3.92. The van der Waals surface area contributed by atoms with Crippen LogP contribution < -0.4 is 14.9 Å². The molecule has 0 atom stereocenters. The number of ether oxygens (including phenoxy) is 3. The van der Waals surface area contributed by atoms with Crippen molar-refractivity contribution in [1.82, 2.24) is 5.43 Å². The van der Waals surface area contributed by atoms with Gasteiger partial charge in [0.1, 0.15) is 23.0 Å². The number of hydrazone groups is 1. The van der Waals surface area contributed by atoms with Crippen LogP contribution in [0.2, 0.25) is 0 Å². The molecule has 0 radical (unpaired) electrons. The highest BCUT2D eigenvalue weighted by Crippen LogP contribution is 2.24. The molecule has 3 aromatic rings. The molecule has 2 aromatic carbocycles. The molecule has 1 aromatic heterocycles. The number of esters is 1.